The molecule has 2 rings (SSSR count). The fourth-order valence-corrected chi connectivity index (χ4v) is 4.00. The number of hydrogen-bond acceptors (Lipinski definition) is 3. The van der Waals surface area contributed by atoms with E-state index in [9.17, 15) is 9.90 Å². The van der Waals surface area contributed by atoms with Crippen LogP contribution in [0.2, 0.25) is 0 Å². The van der Waals surface area contributed by atoms with Gasteiger partial charge >= 0.3 is 5.97 Å². The third-order valence-corrected chi connectivity index (χ3v) is 5.26. The number of rotatable bonds is 5. The van der Waals surface area contributed by atoms with Crippen LogP contribution in [0.4, 0.5) is 0 Å². The van der Waals surface area contributed by atoms with Gasteiger partial charge in [-0.3, -0.25) is 9.69 Å². The van der Waals surface area contributed by atoms with Crippen LogP contribution in [-0.2, 0) is 4.79 Å². The fraction of sp³-hybridized carbons (Fsp3) is 0.938. The molecule has 0 aromatic rings. The Hall–Kier alpha value is -0.610. The summed E-state index contributed by atoms with van der Waals surface area (Å²) in [5, 5.41) is 9.52. The minimum Gasteiger partial charge on any atom is -0.481 e. The normalized spacial score (nSPS) is 33.2. The first-order valence-electron chi connectivity index (χ1n) is 8.34. The summed E-state index contributed by atoms with van der Waals surface area (Å²) in [6.45, 7) is 9.82. The molecule has 20 heavy (non-hydrogen) atoms. The van der Waals surface area contributed by atoms with E-state index in [4.69, 9.17) is 0 Å². The van der Waals surface area contributed by atoms with Crippen LogP contribution in [0.15, 0.2) is 0 Å². The molecule has 1 N–H and O–H groups in total. The van der Waals surface area contributed by atoms with E-state index in [-0.39, 0.29) is 12.0 Å². The number of carbonyl (C=O) groups is 1. The molecule has 0 bridgehead atoms. The summed E-state index contributed by atoms with van der Waals surface area (Å²) in [6, 6.07) is 0.275. The largest absolute Gasteiger partial charge is 0.481 e. The topological polar surface area (TPSA) is 43.8 Å². The van der Waals surface area contributed by atoms with E-state index in [0.29, 0.717) is 0 Å². The number of likely N-dealkylation sites (N-methyl/N-ethyl adjacent to an activating group) is 1. The molecule has 0 radical (unpaired) electrons. The average molecular weight is 282 g/mol. The molecule has 116 valence electrons. The lowest BCUT2D eigenvalue weighted by Gasteiger charge is -2.44. The van der Waals surface area contributed by atoms with Gasteiger partial charge in [0.2, 0.25) is 0 Å². The number of hydrogen-bond donors (Lipinski definition) is 1. The number of nitrogens with zero attached hydrogens (tertiary/aromatic N) is 2. The van der Waals surface area contributed by atoms with Crippen molar-refractivity contribution in [1.82, 2.24) is 9.80 Å². The highest BCUT2D eigenvalue weighted by Crippen LogP contribution is 2.35. The lowest BCUT2D eigenvalue weighted by atomic mass is 9.75. The van der Waals surface area contributed by atoms with Gasteiger partial charge in [-0.1, -0.05) is 26.7 Å². The third kappa shape index (κ3) is 3.73. The van der Waals surface area contributed by atoms with Crippen LogP contribution in [0.5, 0.6) is 0 Å². The highest BCUT2D eigenvalue weighted by Gasteiger charge is 2.38. The minimum absolute atomic E-state index is 0.142. The van der Waals surface area contributed by atoms with Gasteiger partial charge < -0.3 is 10.0 Å². The maximum absolute atomic E-state index is 11.6. The van der Waals surface area contributed by atoms with Gasteiger partial charge in [0.1, 0.15) is 0 Å². The number of carboxylic acids is 1. The van der Waals surface area contributed by atoms with E-state index >= 15 is 0 Å². The van der Waals surface area contributed by atoms with Crippen LogP contribution in [-0.4, -0.2) is 59.6 Å². The fourth-order valence-electron chi connectivity index (χ4n) is 4.00. The van der Waals surface area contributed by atoms with Gasteiger partial charge in [0.25, 0.3) is 0 Å². The molecule has 1 aliphatic heterocycles. The molecule has 4 nitrogen and oxygen atoms in total. The van der Waals surface area contributed by atoms with E-state index in [2.05, 4.69) is 23.6 Å². The summed E-state index contributed by atoms with van der Waals surface area (Å²) in [5.41, 5.74) is 0. The maximum Gasteiger partial charge on any atom is 0.308 e. The molecule has 0 spiro atoms. The van der Waals surface area contributed by atoms with E-state index in [0.717, 1.165) is 57.9 Å². The molecular formula is C16H30N2O2. The molecule has 3 atom stereocenters. The quantitative estimate of drug-likeness (QED) is 0.840. The summed E-state index contributed by atoms with van der Waals surface area (Å²) in [7, 11) is 0. The lowest BCUT2D eigenvalue weighted by Crippen LogP contribution is -2.55. The molecule has 0 amide bonds. The van der Waals surface area contributed by atoms with Gasteiger partial charge in [0.05, 0.1) is 5.92 Å². The van der Waals surface area contributed by atoms with Crippen molar-refractivity contribution in [2.75, 3.05) is 32.7 Å². The van der Waals surface area contributed by atoms with E-state index < -0.39 is 5.97 Å². The first kappa shape index (κ1) is 15.8. The van der Waals surface area contributed by atoms with Crippen molar-refractivity contribution < 1.29 is 9.90 Å². The van der Waals surface area contributed by atoms with Gasteiger partial charge in [0.15, 0.2) is 0 Å². The highest BCUT2D eigenvalue weighted by atomic mass is 16.4. The number of piperazine rings is 1. The second-order valence-corrected chi connectivity index (χ2v) is 6.45. The molecule has 3 unspecified atom stereocenters. The first-order chi connectivity index (χ1) is 9.65. The number of carboxylic acid groups (broad SMARTS) is 1. The molecule has 1 heterocycles. The maximum atomic E-state index is 11.6. The van der Waals surface area contributed by atoms with Crippen molar-refractivity contribution in [3.63, 3.8) is 0 Å². The van der Waals surface area contributed by atoms with Crippen molar-refractivity contribution in [3.05, 3.63) is 0 Å². The Bertz CT molecular complexity index is 314. The van der Waals surface area contributed by atoms with E-state index in [1.807, 2.05) is 0 Å². The molecular weight excluding hydrogens is 252 g/mol. The Morgan fingerprint density at radius 3 is 2.40 bits per heavy atom. The zero-order chi connectivity index (χ0) is 14.5. The minimum atomic E-state index is -0.581. The highest BCUT2D eigenvalue weighted by molar-refractivity contribution is 5.71. The van der Waals surface area contributed by atoms with Gasteiger partial charge in [-0.2, -0.15) is 0 Å². The summed E-state index contributed by atoms with van der Waals surface area (Å²) in [6.07, 6.45) is 5.56. The van der Waals surface area contributed by atoms with Crippen LogP contribution in [0, 0.1) is 11.8 Å². The van der Waals surface area contributed by atoms with Crippen molar-refractivity contribution in [2.45, 2.75) is 52.0 Å². The molecule has 0 aromatic carbocycles. The number of aliphatic carboxylic acids is 1. The van der Waals surface area contributed by atoms with Crippen LogP contribution >= 0.6 is 0 Å². The van der Waals surface area contributed by atoms with Crippen LogP contribution in [0.25, 0.3) is 0 Å². The first-order valence-corrected chi connectivity index (χ1v) is 8.34. The Morgan fingerprint density at radius 1 is 1.15 bits per heavy atom. The van der Waals surface area contributed by atoms with Crippen LogP contribution in [0.1, 0.15) is 46.0 Å². The molecule has 2 aliphatic rings. The second-order valence-electron chi connectivity index (χ2n) is 6.45. The van der Waals surface area contributed by atoms with Crippen molar-refractivity contribution in [1.29, 1.82) is 0 Å². The van der Waals surface area contributed by atoms with Crippen LogP contribution in [0.3, 0.4) is 0 Å². The zero-order valence-electron chi connectivity index (χ0n) is 13.1. The molecule has 1 aliphatic carbocycles. The van der Waals surface area contributed by atoms with E-state index in [1.165, 1.54) is 12.8 Å². The third-order valence-electron chi connectivity index (χ3n) is 5.26. The molecule has 1 saturated carbocycles. The Labute approximate surface area is 123 Å². The molecule has 2 fully saturated rings. The Morgan fingerprint density at radius 2 is 1.85 bits per heavy atom. The van der Waals surface area contributed by atoms with Gasteiger partial charge in [-0.05, 0) is 31.7 Å². The average Bonchev–Trinajstić information content (AvgIpc) is 2.47. The van der Waals surface area contributed by atoms with Crippen molar-refractivity contribution in [2.24, 2.45) is 11.8 Å². The Kier molecular flexibility index (Phi) is 5.85. The second kappa shape index (κ2) is 7.41. The molecule has 1 saturated heterocycles. The summed E-state index contributed by atoms with van der Waals surface area (Å²) >= 11 is 0. The molecule has 4 heteroatoms. The summed E-state index contributed by atoms with van der Waals surface area (Å²) in [5.74, 6) is 0.0176. The summed E-state index contributed by atoms with van der Waals surface area (Å²) in [4.78, 5) is 16.5. The van der Waals surface area contributed by atoms with Gasteiger partial charge in [-0.25, -0.2) is 0 Å². The Balaban J connectivity index is 1.98. The van der Waals surface area contributed by atoms with Gasteiger partial charge in [-0.15, -0.1) is 0 Å². The van der Waals surface area contributed by atoms with Gasteiger partial charge in [0, 0.05) is 32.2 Å². The standard InChI is InChI=1S/C16H30N2O2/c1-3-5-13-6-7-14(16(19)20)15(12-13)18-10-8-17(4-2)9-11-18/h13-15H,3-12H2,1-2H3,(H,19,20). The summed E-state index contributed by atoms with van der Waals surface area (Å²) < 4.78 is 0. The van der Waals surface area contributed by atoms with Crippen molar-refractivity contribution >= 4 is 5.97 Å². The zero-order valence-corrected chi connectivity index (χ0v) is 13.1. The smallest absolute Gasteiger partial charge is 0.308 e. The monoisotopic (exact) mass is 282 g/mol. The molecule has 0 aromatic heterocycles. The van der Waals surface area contributed by atoms with Crippen LogP contribution < -0.4 is 0 Å². The lowest BCUT2D eigenvalue weighted by molar-refractivity contribution is -0.146. The predicted octanol–water partition coefficient (Wildman–Crippen LogP) is 2.29. The predicted molar refractivity (Wildman–Crippen MR) is 80.8 cm³/mol. The van der Waals surface area contributed by atoms with E-state index in [1.54, 1.807) is 0 Å². The SMILES string of the molecule is CCCC1CCC(C(=O)O)C(N2CCN(CC)CC2)C1. The van der Waals surface area contributed by atoms with Crippen molar-refractivity contribution in [3.8, 4) is 0 Å².